The summed E-state index contributed by atoms with van der Waals surface area (Å²) in [6.45, 7) is 6.65. The third-order valence-corrected chi connectivity index (χ3v) is 4.32. The van der Waals surface area contributed by atoms with Crippen molar-refractivity contribution in [3.05, 3.63) is 0 Å². The Morgan fingerprint density at radius 3 is 1.47 bits per heavy atom. The van der Waals surface area contributed by atoms with Gasteiger partial charge in [0.15, 0.2) is 0 Å². The molecule has 4 atom stereocenters. The number of aliphatic carboxylic acids is 3. The molecule has 0 aliphatic rings. The maximum Gasteiger partial charge on any atom is 0.326 e. The third kappa shape index (κ3) is 10.7. The molecule has 0 fully saturated rings. The van der Waals surface area contributed by atoms with Gasteiger partial charge in [0.05, 0.1) is 18.9 Å². The minimum Gasteiger partial charge on any atom is -0.481 e. The largest absolute Gasteiger partial charge is 0.481 e. The summed E-state index contributed by atoms with van der Waals surface area (Å²) in [5.41, 5.74) is 5.74. The van der Waals surface area contributed by atoms with Gasteiger partial charge in [0.2, 0.25) is 17.7 Å². The highest BCUT2D eigenvalue weighted by atomic mass is 16.4. The number of carboxylic acids is 3. The fourth-order valence-electron chi connectivity index (χ4n) is 2.70. The maximum atomic E-state index is 12.6. The van der Waals surface area contributed by atoms with Crippen molar-refractivity contribution in [2.75, 3.05) is 0 Å². The Morgan fingerprint density at radius 1 is 0.719 bits per heavy atom. The molecule has 0 spiro atoms. The Morgan fingerprint density at radius 2 is 1.12 bits per heavy atom. The summed E-state index contributed by atoms with van der Waals surface area (Å²) in [6, 6.07) is -5.71. The van der Waals surface area contributed by atoms with Crippen LogP contribution in [-0.4, -0.2) is 75.1 Å². The van der Waals surface area contributed by atoms with Crippen molar-refractivity contribution in [1.29, 1.82) is 0 Å². The van der Waals surface area contributed by atoms with Crippen LogP contribution in [0.3, 0.4) is 0 Å². The molecule has 0 heterocycles. The topological polar surface area (TPSA) is 225 Å². The van der Waals surface area contributed by atoms with Crippen molar-refractivity contribution in [3.8, 4) is 0 Å². The van der Waals surface area contributed by atoms with Crippen LogP contribution in [0.1, 0.15) is 47.0 Å². The fourth-order valence-corrected chi connectivity index (χ4v) is 2.70. The first kappa shape index (κ1) is 28.8. The van der Waals surface area contributed by atoms with Gasteiger partial charge in [0.1, 0.15) is 18.1 Å². The molecule has 0 aromatic carbocycles. The first-order valence-electron chi connectivity index (χ1n) is 9.98. The summed E-state index contributed by atoms with van der Waals surface area (Å²) in [7, 11) is 0. The lowest BCUT2D eigenvalue weighted by atomic mass is 10.0. The second-order valence-electron chi connectivity index (χ2n) is 8.12. The van der Waals surface area contributed by atoms with Gasteiger partial charge in [-0.1, -0.05) is 27.7 Å². The van der Waals surface area contributed by atoms with Gasteiger partial charge in [0, 0.05) is 0 Å². The van der Waals surface area contributed by atoms with E-state index < -0.39 is 78.6 Å². The minimum absolute atomic E-state index is 0.0503. The zero-order chi connectivity index (χ0) is 25.2. The number of carboxylic acid groups (broad SMARTS) is 3. The summed E-state index contributed by atoms with van der Waals surface area (Å²) < 4.78 is 0. The quantitative estimate of drug-likeness (QED) is 0.159. The summed E-state index contributed by atoms with van der Waals surface area (Å²) >= 11 is 0. The molecule has 0 saturated heterocycles. The first-order valence-corrected chi connectivity index (χ1v) is 9.98. The van der Waals surface area contributed by atoms with Crippen LogP contribution in [0.25, 0.3) is 0 Å². The van der Waals surface area contributed by atoms with Crippen LogP contribution < -0.4 is 21.7 Å². The van der Waals surface area contributed by atoms with E-state index in [1.807, 2.05) is 13.8 Å². The number of hydrogen-bond donors (Lipinski definition) is 7. The molecule has 32 heavy (non-hydrogen) atoms. The van der Waals surface area contributed by atoms with Gasteiger partial charge < -0.3 is 37.0 Å². The zero-order valence-electron chi connectivity index (χ0n) is 18.5. The van der Waals surface area contributed by atoms with Crippen molar-refractivity contribution >= 4 is 35.6 Å². The van der Waals surface area contributed by atoms with Gasteiger partial charge in [0.25, 0.3) is 0 Å². The monoisotopic (exact) mass is 460 g/mol. The molecule has 13 nitrogen and oxygen atoms in total. The number of nitrogens with two attached hydrogens (primary N) is 1. The molecule has 182 valence electrons. The van der Waals surface area contributed by atoms with E-state index in [2.05, 4.69) is 16.0 Å². The van der Waals surface area contributed by atoms with E-state index in [1.165, 1.54) is 13.8 Å². The van der Waals surface area contributed by atoms with Crippen LogP contribution in [0.2, 0.25) is 0 Å². The van der Waals surface area contributed by atoms with E-state index in [1.54, 1.807) is 0 Å². The van der Waals surface area contributed by atoms with E-state index in [0.717, 1.165) is 0 Å². The Kier molecular flexibility index (Phi) is 11.9. The zero-order valence-corrected chi connectivity index (χ0v) is 18.5. The molecular formula is C19H32N4O9. The first-order chi connectivity index (χ1) is 14.6. The van der Waals surface area contributed by atoms with Gasteiger partial charge >= 0.3 is 17.9 Å². The fraction of sp³-hybridized carbons (Fsp3) is 0.684. The number of carbonyl (C=O) groups excluding carboxylic acids is 3. The van der Waals surface area contributed by atoms with Crippen molar-refractivity contribution in [2.24, 2.45) is 17.6 Å². The van der Waals surface area contributed by atoms with Gasteiger partial charge in [-0.2, -0.15) is 0 Å². The van der Waals surface area contributed by atoms with Crippen LogP contribution in [0.4, 0.5) is 0 Å². The Hall–Kier alpha value is -3.22. The molecule has 0 bridgehead atoms. The number of nitrogens with one attached hydrogen (secondary N) is 3. The summed E-state index contributed by atoms with van der Waals surface area (Å²) in [6.07, 6.45) is -1.48. The van der Waals surface area contributed by atoms with E-state index >= 15 is 0 Å². The minimum atomic E-state index is -1.71. The van der Waals surface area contributed by atoms with Crippen LogP contribution in [0, 0.1) is 11.8 Å². The molecule has 0 aromatic heterocycles. The molecule has 13 heteroatoms. The predicted molar refractivity (Wildman–Crippen MR) is 110 cm³/mol. The summed E-state index contributed by atoms with van der Waals surface area (Å²) in [4.78, 5) is 70.8. The van der Waals surface area contributed by atoms with Gasteiger partial charge in [-0.05, 0) is 18.3 Å². The SMILES string of the molecule is CC(C)CC(N)C(=O)NC(CC(=O)O)C(=O)NC(CC(=O)O)C(=O)NC(C(=O)O)C(C)C. The summed E-state index contributed by atoms with van der Waals surface area (Å²) in [5, 5.41) is 33.7. The van der Waals surface area contributed by atoms with E-state index in [9.17, 15) is 33.9 Å². The number of carbonyl (C=O) groups is 6. The second-order valence-corrected chi connectivity index (χ2v) is 8.12. The highest BCUT2D eigenvalue weighted by molar-refractivity contribution is 5.96. The van der Waals surface area contributed by atoms with Crippen LogP contribution in [-0.2, 0) is 28.8 Å². The summed E-state index contributed by atoms with van der Waals surface area (Å²) in [5.74, 6) is -7.76. The molecule has 0 aliphatic heterocycles. The second kappa shape index (κ2) is 13.2. The van der Waals surface area contributed by atoms with E-state index in [4.69, 9.17) is 15.9 Å². The van der Waals surface area contributed by atoms with E-state index in [0.29, 0.717) is 0 Å². The normalized spacial score (nSPS) is 14.7. The number of amides is 3. The van der Waals surface area contributed by atoms with Gasteiger partial charge in [-0.25, -0.2) is 4.79 Å². The molecule has 8 N–H and O–H groups in total. The Labute approximate surface area is 185 Å². The average Bonchev–Trinajstić information content (AvgIpc) is 2.62. The standard InChI is InChI=1S/C19H32N4O9/c1-8(2)5-10(20)16(28)21-11(6-13(24)25)17(29)22-12(7-14(26)27)18(30)23-15(9(3)4)19(31)32/h8-12,15H,5-7,20H2,1-4H3,(H,21,28)(H,22,29)(H,23,30)(H,24,25)(H,26,27)(H,31,32). The third-order valence-electron chi connectivity index (χ3n) is 4.32. The van der Waals surface area contributed by atoms with Crippen LogP contribution >= 0.6 is 0 Å². The van der Waals surface area contributed by atoms with Crippen LogP contribution in [0.15, 0.2) is 0 Å². The molecule has 0 aromatic rings. The predicted octanol–water partition coefficient (Wildman–Crippen LogP) is -1.50. The van der Waals surface area contributed by atoms with Crippen LogP contribution in [0.5, 0.6) is 0 Å². The lowest BCUT2D eigenvalue weighted by Gasteiger charge is -2.25. The van der Waals surface area contributed by atoms with E-state index in [-0.39, 0.29) is 12.3 Å². The molecule has 0 radical (unpaired) electrons. The maximum absolute atomic E-state index is 12.6. The number of hydrogen-bond acceptors (Lipinski definition) is 7. The highest BCUT2D eigenvalue weighted by Crippen LogP contribution is 2.06. The van der Waals surface area contributed by atoms with Gasteiger partial charge in [-0.3, -0.25) is 24.0 Å². The molecular weight excluding hydrogens is 428 g/mol. The van der Waals surface area contributed by atoms with Crippen molar-refractivity contribution < 1.29 is 44.1 Å². The molecule has 4 unspecified atom stereocenters. The lowest BCUT2D eigenvalue weighted by Crippen LogP contribution is -2.58. The van der Waals surface area contributed by atoms with Gasteiger partial charge in [-0.15, -0.1) is 0 Å². The lowest BCUT2D eigenvalue weighted by molar-refractivity contribution is -0.145. The Balaban J connectivity index is 5.54. The molecule has 0 saturated carbocycles. The molecule has 3 amide bonds. The molecule has 0 rings (SSSR count). The van der Waals surface area contributed by atoms with Crippen molar-refractivity contribution in [2.45, 2.75) is 71.1 Å². The smallest absolute Gasteiger partial charge is 0.326 e. The number of rotatable bonds is 14. The average molecular weight is 460 g/mol. The Bertz CT molecular complexity index is 724. The van der Waals surface area contributed by atoms with Crippen molar-refractivity contribution in [3.63, 3.8) is 0 Å². The molecule has 0 aliphatic carbocycles. The highest BCUT2D eigenvalue weighted by Gasteiger charge is 2.33. The van der Waals surface area contributed by atoms with Crippen molar-refractivity contribution in [1.82, 2.24) is 16.0 Å².